The zero-order chi connectivity index (χ0) is 21.6. The van der Waals surface area contributed by atoms with Gasteiger partial charge in [0.05, 0.1) is 13.2 Å². The molecule has 2 atom stereocenters. The third kappa shape index (κ3) is 2.83. The molecule has 1 fully saturated rings. The third-order valence-electron chi connectivity index (χ3n) is 6.16. The molecule has 1 aromatic heterocycles. The highest BCUT2D eigenvalue weighted by molar-refractivity contribution is 6.08. The van der Waals surface area contributed by atoms with E-state index >= 15 is 0 Å². The number of aromatic nitrogens is 2. The van der Waals surface area contributed by atoms with E-state index in [-0.39, 0.29) is 23.1 Å². The van der Waals surface area contributed by atoms with Crippen molar-refractivity contribution in [2.24, 2.45) is 0 Å². The molecule has 8 nitrogen and oxygen atoms in total. The molecule has 2 aliphatic rings. The van der Waals surface area contributed by atoms with Gasteiger partial charge >= 0.3 is 0 Å². The maximum Gasteiger partial charge on any atom is 0.274 e. The molecular formula is C23H20N4O4. The smallest absolute Gasteiger partial charge is 0.274 e. The molecule has 1 saturated heterocycles. The molecule has 3 aromatic rings. The van der Waals surface area contributed by atoms with Gasteiger partial charge in [0.1, 0.15) is 16.9 Å². The lowest BCUT2D eigenvalue weighted by molar-refractivity contribution is -0.121. The molecule has 2 aromatic carbocycles. The Balaban J connectivity index is 1.68. The molecule has 0 saturated carbocycles. The van der Waals surface area contributed by atoms with Crippen molar-refractivity contribution in [3.8, 4) is 5.75 Å². The van der Waals surface area contributed by atoms with Gasteiger partial charge in [0.2, 0.25) is 5.91 Å². The van der Waals surface area contributed by atoms with Crippen molar-refractivity contribution in [3.05, 3.63) is 87.8 Å². The topological polar surface area (TPSA) is 104 Å². The van der Waals surface area contributed by atoms with Gasteiger partial charge in [-0.3, -0.25) is 14.4 Å². The van der Waals surface area contributed by atoms with E-state index in [4.69, 9.17) is 4.74 Å². The summed E-state index contributed by atoms with van der Waals surface area (Å²) in [5.41, 5.74) is 1.23. The van der Waals surface area contributed by atoms with E-state index in [9.17, 15) is 14.4 Å². The van der Waals surface area contributed by atoms with Crippen molar-refractivity contribution in [2.45, 2.75) is 17.9 Å². The van der Waals surface area contributed by atoms with Crippen LogP contribution in [-0.4, -0.2) is 40.6 Å². The minimum Gasteiger partial charge on any atom is -0.497 e. The number of methoxy groups -OCH3 is 1. The number of H-pyrrole nitrogens is 1. The third-order valence-corrected chi connectivity index (χ3v) is 6.16. The largest absolute Gasteiger partial charge is 0.497 e. The normalized spacial score (nSPS) is 21.8. The summed E-state index contributed by atoms with van der Waals surface area (Å²) < 4.78 is 5.40. The van der Waals surface area contributed by atoms with Crippen molar-refractivity contribution in [3.63, 3.8) is 0 Å². The first-order valence-electron chi connectivity index (χ1n) is 9.96. The Kier molecular flexibility index (Phi) is 4.35. The van der Waals surface area contributed by atoms with Gasteiger partial charge in [-0.15, -0.1) is 0 Å². The highest BCUT2D eigenvalue weighted by Gasteiger charge is 2.59. The molecule has 0 aliphatic carbocycles. The molecular weight excluding hydrogens is 396 g/mol. The monoisotopic (exact) mass is 416 g/mol. The SMILES string of the molecule is COc1cccc([C@@H]2N(C(=O)c3ccc(=O)[nH]n3)CC[C@]23C(=O)Nc2ccccc23)c1. The Bertz CT molecular complexity index is 1230. The number of carbonyl (C=O) groups excluding carboxylic acids is 2. The lowest BCUT2D eigenvalue weighted by Crippen LogP contribution is -2.43. The number of anilines is 1. The number of hydrogen-bond acceptors (Lipinski definition) is 5. The van der Waals surface area contributed by atoms with E-state index in [0.717, 1.165) is 16.8 Å². The molecule has 5 rings (SSSR count). The fourth-order valence-electron chi connectivity index (χ4n) is 4.79. The first kappa shape index (κ1) is 19.0. The highest BCUT2D eigenvalue weighted by atomic mass is 16.5. The van der Waals surface area contributed by atoms with Crippen LogP contribution in [0.5, 0.6) is 5.75 Å². The fourth-order valence-corrected chi connectivity index (χ4v) is 4.79. The molecule has 3 heterocycles. The highest BCUT2D eigenvalue weighted by Crippen LogP contribution is 2.55. The van der Waals surface area contributed by atoms with Crippen molar-refractivity contribution in [1.82, 2.24) is 15.1 Å². The maximum atomic E-state index is 13.4. The molecule has 8 heteroatoms. The number of benzene rings is 2. The maximum absolute atomic E-state index is 13.4. The number of carbonyl (C=O) groups is 2. The number of fused-ring (bicyclic) bond motifs is 2. The number of nitrogens with zero attached hydrogens (tertiary/aromatic N) is 2. The standard InChI is InChI=1S/C23H20N4O4/c1-31-15-6-4-5-14(13-15)20-23(16-7-2-3-8-17(16)24-22(23)30)11-12-27(20)21(29)18-9-10-19(28)26-25-18/h2-10,13,20H,11-12H2,1H3,(H,24,30)(H,26,28)/t20-,23+/m0/s1. The molecule has 0 bridgehead atoms. The van der Waals surface area contributed by atoms with Gasteiger partial charge in [0.25, 0.3) is 11.5 Å². The van der Waals surface area contributed by atoms with Crippen molar-refractivity contribution >= 4 is 17.5 Å². The van der Waals surface area contributed by atoms with Gasteiger partial charge in [0.15, 0.2) is 0 Å². The predicted molar refractivity (Wildman–Crippen MR) is 113 cm³/mol. The summed E-state index contributed by atoms with van der Waals surface area (Å²) >= 11 is 0. The summed E-state index contributed by atoms with van der Waals surface area (Å²) in [6, 6.07) is 17.1. The Morgan fingerprint density at radius 1 is 1.13 bits per heavy atom. The van der Waals surface area contributed by atoms with Crippen LogP contribution in [0.1, 0.15) is 34.1 Å². The van der Waals surface area contributed by atoms with Crippen LogP contribution < -0.4 is 15.6 Å². The van der Waals surface area contributed by atoms with Crippen molar-refractivity contribution in [2.75, 3.05) is 19.0 Å². The molecule has 2 amide bonds. The zero-order valence-electron chi connectivity index (χ0n) is 16.8. The van der Waals surface area contributed by atoms with E-state index in [1.165, 1.54) is 12.1 Å². The molecule has 156 valence electrons. The van der Waals surface area contributed by atoms with E-state index < -0.39 is 11.5 Å². The van der Waals surface area contributed by atoms with Crippen LogP contribution in [0.2, 0.25) is 0 Å². The summed E-state index contributed by atoms with van der Waals surface area (Å²) in [6.45, 7) is 0.364. The molecule has 31 heavy (non-hydrogen) atoms. The average Bonchev–Trinajstić information content (AvgIpc) is 3.33. The van der Waals surface area contributed by atoms with Crippen LogP contribution >= 0.6 is 0 Å². The second-order valence-electron chi connectivity index (χ2n) is 7.71. The first-order valence-corrected chi connectivity index (χ1v) is 9.96. The first-order chi connectivity index (χ1) is 15.0. The minimum atomic E-state index is -0.930. The van der Waals surface area contributed by atoms with Gasteiger partial charge in [-0.05, 0) is 41.8 Å². The molecule has 0 radical (unpaired) electrons. The number of amides is 2. The molecule has 2 N–H and O–H groups in total. The summed E-state index contributed by atoms with van der Waals surface area (Å²) in [5.74, 6) is 0.158. The van der Waals surface area contributed by atoms with Crippen molar-refractivity contribution < 1.29 is 14.3 Å². The van der Waals surface area contributed by atoms with Crippen LogP contribution in [0.4, 0.5) is 5.69 Å². The van der Waals surface area contributed by atoms with E-state index in [0.29, 0.717) is 18.7 Å². The van der Waals surface area contributed by atoms with Gasteiger partial charge in [0, 0.05) is 18.3 Å². The van der Waals surface area contributed by atoms with Crippen LogP contribution in [0.15, 0.2) is 65.5 Å². The number of likely N-dealkylation sites (tertiary alicyclic amines) is 1. The number of aromatic amines is 1. The number of ether oxygens (including phenoxy) is 1. The molecule has 1 spiro atoms. The van der Waals surface area contributed by atoms with E-state index in [1.807, 2.05) is 48.5 Å². The number of para-hydroxylation sites is 1. The average molecular weight is 416 g/mol. The molecule has 2 aliphatic heterocycles. The second-order valence-corrected chi connectivity index (χ2v) is 7.71. The van der Waals surface area contributed by atoms with Gasteiger partial charge in [-0.1, -0.05) is 30.3 Å². The zero-order valence-corrected chi connectivity index (χ0v) is 16.8. The minimum absolute atomic E-state index is 0.122. The quantitative estimate of drug-likeness (QED) is 0.682. The predicted octanol–water partition coefficient (Wildman–Crippen LogP) is 2.26. The Labute approximate surface area is 177 Å². The van der Waals surface area contributed by atoms with E-state index in [2.05, 4.69) is 15.5 Å². The second kappa shape index (κ2) is 7.09. The summed E-state index contributed by atoms with van der Waals surface area (Å²) in [4.78, 5) is 39.9. The Morgan fingerprint density at radius 2 is 1.97 bits per heavy atom. The summed E-state index contributed by atoms with van der Waals surface area (Å²) in [6.07, 6.45) is 0.465. The van der Waals surface area contributed by atoms with Gasteiger partial charge in [-0.2, -0.15) is 5.10 Å². The Hall–Kier alpha value is -3.94. The van der Waals surface area contributed by atoms with Crippen LogP contribution in [0.25, 0.3) is 0 Å². The Morgan fingerprint density at radius 3 is 2.74 bits per heavy atom. The molecule has 0 unspecified atom stereocenters. The number of nitrogens with one attached hydrogen (secondary N) is 2. The lowest BCUT2D eigenvalue weighted by atomic mass is 9.72. The van der Waals surface area contributed by atoms with Gasteiger partial charge in [-0.25, -0.2) is 5.10 Å². The number of rotatable bonds is 3. The summed E-state index contributed by atoms with van der Waals surface area (Å²) in [7, 11) is 1.58. The van der Waals surface area contributed by atoms with Crippen LogP contribution in [-0.2, 0) is 10.2 Å². The fraction of sp³-hybridized carbons (Fsp3) is 0.217. The van der Waals surface area contributed by atoms with E-state index in [1.54, 1.807) is 12.0 Å². The lowest BCUT2D eigenvalue weighted by Gasteiger charge is -2.34. The summed E-state index contributed by atoms with van der Waals surface area (Å²) in [5, 5.41) is 9.21. The van der Waals surface area contributed by atoms with Gasteiger partial charge < -0.3 is 15.0 Å². The number of hydrogen-bond donors (Lipinski definition) is 2. The van der Waals surface area contributed by atoms with Crippen molar-refractivity contribution in [1.29, 1.82) is 0 Å². The van der Waals surface area contributed by atoms with Crippen LogP contribution in [0, 0.1) is 0 Å². The van der Waals surface area contributed by atoms with Crippen LogP contribution in [0.3, 0.4) is 0 Å².